The molecule has 10 heavy (non-hydrogen) atoms. The van der Waals surface area contributed by atoms with Gasteiger partial charge in [0.15, 0.2) is 0 Å². The molecular formula is C5H8ClNO3. The van der Waals surface area contributed by atoms with Crippen LogP contribution in [0, 0.1) is 0 Å². The van der Waals surface area contributed by atoms with Gasteiger partial charge < -0.3 is 4.74 Å². The fourth-order valence-electron chi connectivity index (χ4n) is 0.244. The van der Waals surface area contributed by atoms with Gasteiger partial charge in [-0.3, -0.25) is 4.84 Å². The van der Waals surface area contributed by atoms with Crippen LogP contribution in [-0.2, 0) is 9.57 Å². The van der Waals surface area contributed by atoms with Gasteiger partial charge in [0.1, 0.15) is 5.17 Å². The van der Waals surface area contributed by atoms with E-state index in [-0.39, 0.29) is 11.8 Å². The summed E-state index contributed by atoms with van der Waals surface area (Å²) in [4.78, 5) is 14.5. The number of rotatable bonds is 2. The maximum absolute atomic E-state index is 10.3. The Labute approximate surface area is 63.7 Å². The molecule has 0 radical (unpaired) electrons. The molecule has 0 unspecified atom stereocenters. The molecule has 58 valence electrons. The van der Waals surface area contributed by atoms with Gasteiger partial charge in [0.25, 0.3) is 0 Å². The normalized spacial score (nSPS) is 10.9. The minimum atomic E-state index is -0.845. The molecule has 0 saturated carbocycles. The summed E-state index contributed by atoms with van der Waals surface area (Å²) in [6.07, 6.45) is -0.845. The third-order valence-electron chi connectivity index (χ3n) is 0.508. The fraction of sp³-hybridized carbons (Fsp3) is 0.600. The van der Waals surface area contributed by atoms with Crippen LogP contribution in [0.15, 0.2) is 5.16 Å². The molecule has 0 aliphatic heterocycles. The third kappa shape index (κ3) is 5.37. The highest BCUT2D eigenvalue weighted by molar-refractivity contribution is 6.64. The summed E-state index contributed by atoms with van der Waals surface area (Å²) < 4.78 is 4.37. The van der Waals surface area contributed by atoms with Crippen molar-refractivity contribution in [3.63, 3.8) is 0 Å². The van der Waals surface area contributed by atoms with Gasteiger partial charge in [-0.1, -0.05) is 16.8 Å². The van der Waals surface area contributed by atoms with E-state index in [0.717, 1.165) is 0 Å². The predicted molar refractivity (Wildman–Crippen MR) is 37.1 cm³/mol. The van der Waals surface area contributed by atoms with Gasteiger partial charge in [0, 0.05) is 0 Å². The Morgan fingerprint density at radius 1 is 1.70 bits per heavy atom. The third-order valence-corrected chi connectivity index (χ3v) is 0.577. The highest BCUT2D eigenvalue weighted by Gasteiger charge is 1.99. The number of carbonyl (C=O) groups excluding carboxylic acids is 1. The second kappa shape index (κ2) is 5.05. The fourth-order valence-corrected chi connectivity index (χ4v) is 0.279. The molecule has 0 aromatic rings. The molecule has 0 bridgehead atoms. The van der Waals surface area contributed by atoms with Crippen molar-refractivity contribution >= 4 is 22.9 Å². The molecule has 0 heterocycles. The molecule has 0 rings (SSSR count). The Morgan fingerprint density at radius 2 is 2.30 bits per heavy atom. The Balaban J connectivity index is 3.49. The van der Waals surface area contributed by atoms with Crippen molar-refractivity contribution in [3.8, 4) is 0 Å². The van der Waals surface area contributed by atoms with Crippen LogP contribution in [0.4, 0.5) is 4.79 Å². The van der Waals surface area contributed by atoms with Crippen LogP contribution < -0.4 is 0 Å². The molecule has 0 aliphatic rings. The number of ether oxygens (including phenoxy) is 1. The standard InChI is InChI=1S/C5H8ClNO3/c1-3-9-5(8)10-7-4(2)6/h3H2,1-2H3. The van der Waals surface area contributed by atoms with E-state index in [1.807, 2.05) is 0 Å². The van der Waals surface area contributed by atoms with Crippen molar-refractivity contribution in [2.45, 2.75) is 13.8 Å². The first-order chi connectivity index (χ1) is 4.66. The van der Waals surface area contributed by atoms with Crippen molar-refractivity contribution in [1.29, 1.82) is 0 Å². The zero-order chi connectivity index (χ0) is 7.98. The van der Waals surface area contributed by atoms with E-state index in [0.29, 0.717) is 0 Å². The Bertz CT molecular complexity index is 142. The van der Waals surface area contributed by atoms with E-state index in [2.05, 4.69) is 14.7 Å². The lowest BCUT2D eigenvalue weighted by Crippen LogP contribution is -2.03. The van der Waals surface area contributed by atoms with Crippen molar-refractivity contribution in [1.82, 2.24) is 0 Å². The largest absolute Gasteiger partial charge is 0.535 e. The highest BCUT2D eigenvalue weighted by Crippen LogP contribution is 1.89. The molecule has 0 spiro atoms. The van der Waals surface area contributed by atoms with Crippen LogP contribution in [0.5, 0.6) is 0 Å². The molecule has 0 atom stereocenters. The first kappa shape index (κ1) is 9.23. The summed E-state index contributed by atoms with van der Waals surface area (Å²) in [6.45, 7) is 3.41. The first-order valence-corrected chi connectivity index (χ1v) is 3.08. The predicted octanol–water partition coefficient (Wildman–Crippen LogP) is 1.73. The number of halogens is 1. The molecule has 0 N–H and O–H groups in total. The monoisotopic (exact) mass is 165 g/mol. The van der Waals surface area contributed by atoms with Gasteiger partial charge in [-0.15, -0.1) is 0 Å². The summed E-state index contributed by atoms with van der Waals surface area (Å²) in [6, 6.07) is 0. The first-order valence-electron chi connectivity index (χ1n) is 2.70. The van der Waals surface area contributed by atoms with Gasteiger partial charge >= 0.3 is 6.16 Å². The number of nitrogens with zero attached hydrogens (tertiary/aromatic N) is 1. The second-order valence-electron chi connectivity index (χ2n) is 1.36. The Kier molecular flexibility index (Phi) is 4.66. The lowest BCUT2D eigenvalue weighted by atomic mass is 10.9. The van der Waals surface area contributed by atoms with Crippen LogP contribution in [0.3, 0.4) is 0 Å². The van der Waals surface area contributed by atoms with Crippen LogP contribution in [-0.4, -0.2) is 17.9 Å². The lowest BCUT2D eigenvalue weighted by molar-refractivity contribution is 0.0615. The molecule has 0 aromatic heterocycles. The summed E-state index contributed by atoms with van der Waals surface area (Å²) in [5.41, 5.74) is 0. The summed E-state index contributed by atoms with van der Waals surface area (Å²) >= 11 is 5.24. The molecule has 0 saturated heterocycles. The van der Waals surface area contributed by atoms with Gasteiger partial charge in [-0.25, -0.2) is 4.79 Å². The number of hydrogen-bond donors (Lipinski definition) is 0. The summed E-state index contributed by atoms with van der Waals surface area (Å²) in [5, 5.41) is 3.30. The van der Waals surface area contributed by atoms with Crippen molar-refractivity contribution < 1.29 is 14.4 Å². The average molecular weight is 166 g/mol. The molecule has 0 amide bonds. The molecule has 0 aromatic carbocycles. The second-order valence-corrected chi connectivity index (χ2v) is 1.91. The minimum Gasteiger partial charge on any atom is -0.433 e. The smallest absolute Gasteiger partial charge is 0.433 e. The van der Waals surface area contributed by atoms with Crippen LogP contribution in [0.25, 0.3) is 0 Å². The van der Waals surface area contributed by atoms with Crippen LogP contribution in [0.2, 0.25) is 0 Å². The van der Waals surface area contributed by atoms with E-state index in [1.54, 1.807) is 6.92 Å². The maximum atomic E-state index is 10.3. The van der Waals surface area contributed by atoms with E-state index in [1.165, 1.54) is 6.92 Å². The minimum absolute atomic E-state index is 0.146. The molecule has 0 aliphatic carbocycles. The lowest BCUT2D eigenvalue weighted by Gasteiger charge is -1.95. The number of hydrogen-bond acceptors (Lipinski definition) is 4. The van der Waals surface area contributed by atoms with E-state index in [4.69, 9.17) is 11.6 Å². The molecule has 0 fully saturated rings. The van der Waals surface area contributed by atoms with Crippen molar-refractivity contribution in [2.75, 3.05) is 6.61 Å². The topological polar surface area (TPSA) is 47.9 Å². The van der Waals surface area contributed by atoms with Gasteiger partial charge in [0.05, 0.1) is 6.61 Å². The van der Waals surface area contributed by atoms with Gasteiger partial charge in [-0.2, -0.15) is 0 Å². The van der Waals surface area contributed by atoms with E-state index < -0.39 is 6.16 Å². The molecule has 4 nitrogen and oxygen atoms in total. The molecular weight excluding hydrogens is 158 g/mol. The van der Waals surface area contributed by atoms with Crippen LogP contribution in [0.1, 0.15) is 13.8 Å². The Hall–Kier alpha value is -0.770. The Morgan fingerprint density at radius 3 is 2.70 bits per heavy atom. The molecule has 5 heteroatoms. The number of carbonyl (C=O) groups is 1. The van der Waals surface area contributed by atoms with Crippen LogP contribution >= 0.6 is 11.6 Å². The van der Waals surface area contributed by atoms with E-state index in [9.17, 15) is 4.79 Å². The quantitative estimate of drug-likeness (QED) is 0.271. The average Bonchev–Trinajstić information content (AvgIpc) is 1.85. The number of oxime groups is 1. The van der Waals surface area contributed by atoms with E-state index >= 15 is 0 Å². The van der Waals surface area contributed by atoms with Crippen molar-refractivity contribution in [3.05, 3.63) is 0 Å². The SMILES string of the molecule is CCOC(=O)ON=C(C)Cl. The summed E-state index contributed by atoms with van der Waals surface area (Å²) in [7, 11) is 0. The van der Waals surface area contributed by atoms with Gasteiger partial charge in [0.2, 0.25) is 0 Å². The zero-order valence-corrected chi connectivity index (χ0v) is 6.51. The zero-order valence-electron chi connectivity index (χ0n) is 5.76. The summed E-state index contributed by atoms with van der Waals surface area (Å²) in [5.74, 6) is 0. The highest BCUT2D eigenvalue weighted by atomic mass is 35.5. The van der Waals surface area contributed by atoms with Crippen molar-refractivity contribution in [2.24, 2.45) is 5.16 Å². The maximum Gasteiger partial charge on any atom is 0.535 e. The van der Waals surface area contributed by atoms with Gasteiger partial charge in [-0.05, 0) is 13.8 Å².